The minimum Gasteiger partial charge on any atom is -0.372 e. The van der Waals surface area contributed by atoms with Crippen molar-refractivity contribution < 1.29 is 9.59 Å². The van der Waals surface area contributed by atoms with E-state index < -0.39 is 0 Å². The molecule has 27 heavy (non-hydrogen) atoms. The molecule has 0 atom stereocenters. The Hall–Kier alpha value is -2.05. The van der Waals surface area contributed by atoms with Gasteiger partial charge in [0.05, 0.1) is 16.2 Å². The molecule has 140 valence electrons. The number of carbonyl (C=O) groups excluding carboxylic acids is 2. The number of anilines is 2. The van der Waals surface area contributed by atoms with E-state index in [9.17, 15) is 9.59 Å². The Kier molecular flexibility index (Phi) is 5.36. The van der Waals surface area contributed by atoms with Gasteiger partial charge in [-0.25, -0.2) is 4.90 Å². The quantitative estimate of drug-likeness (QED) is 0.680. The molecular weight excluding hydrogens is 376 g/mol. The lowest BCUT2D eigenvalue weighted by molar-refractivity contribution is -0.119. The molecule has 2 aromatic rings. The SMILES string of the molecule is CCSC1=C(c2cccs2)C(=O)N(c2ccc(N3CCCCC3)cc2)C1=O. The predicted molar refractivity (Wildman–Crippen MR) is 114 cm³/mol. The van der Waals surface area contributed by atoms with Crippen LogP contribution < -0.4 is 9.80 Å². The summed E-state index contributed by atoms with van der Waals surface area (Å²) in [6.45, 7) is 4.14. The van der Waals surface area contributed by atoms with Gasteiger partial charge in [-0.1, -0.05) is 13.0 Å². The first kappa shape index (κ1) is 18.3. The maximum absolute atomic E-state index is 13.1. The Morgan fingerprint density at radius 2 is 1.67 bits per heavy atom. The van der Waals surface area contributed by atoms with Crippen molar-refractivity contribution in [3.8, 4) is 0 Å². The van der Waals surface area contributed by atoms with Crippen LogP contribution in [0.1, 0.15) is 31.1 Å². The first-order valence-corrected chi connectivity index (χ1v) is 11.2. The van der Waals surface area contributed by atoms with Crippen LogP contribution in [0.5, 0.6) is 0 Å². The number of thiophene rings is 1. The molecule has 1 saturated heterocycles. The summed E-state index contributed by atoms with van der Waals surface area (Å²) >= 11 is 2.94. The molecule has 2 amide bonds. The Morgan fingerprint density at radius 3 is 2.30 bits per heavy atom. The predicted octanol–water partition coefficient (Wildman–Crippen LogP) is 4.78. The summed E-state index contributed by atoms with van der Waals surface area (Å²) < 4.78 is 0. The number of thioether (sulfide) groups is 1. The lowest BCUT2D eigenvalue weighted by Crippen LogP contribution is -2.32. The summed E-state index contributed by atoms with van der Waals surface area (Å²) in [6.07, 6.45) is 3.73. The second-order valence-corrected chi connectivity index (χ2v) is 8.85. The van der Waals surface area contributed by atoms with Crippen molar-refractivity contribution in [2.75, 3.05) is 28.6 Å². The minimum atomic E-state index is -0.218. The first-order chi connectivity index (χ1) is 13.2. The van der Waals surface area contributed by atoms with Crippen LogP contribution in [0, 0.1) is 0 Å². The van der Waals surface area contributed by atoms with Crippen molar-refractivity contribution >= 4 is 51.9 Å². The number of amides is 2. The van der Waals surface area contributed by atoms with Gasteiger partial charge in [-0.05, 0) is 60.7 Å². The Bertz CT molecular complexity index is 866. The van der Waals surface area contributed by atoms with E-state index in [1.807, 2.05) is 48.7 Å². The van der Waals surface area contributed by atoms with E-state index in [0.29, 0.717) is 16.2 Å². The Labute approximate surface area is 167 Å². The fraction of sp³-hybridized carbons (Fsp3) is 0.333. The van der Waals surface area contributed by atoms with Crippen molar-refractivity contribution in [1.82, 2.24) is 0 Å². The number of carbonyl (C=O) groups is 2. The highest BCUT2D eigenvalue weighted by Gasteiger charge is 2.40. The zero-order valence-corrected chi connectivity index (χ0v) is 16.9. The van der Waals surface area contributed by atoms with Gasteiger partial charge in [0, 0.05) is 23.7 Å². The lowest BCUT2D eigenvalue weighted by atomic mass is 10.1. The van der Waals surface area contributed by atoms with E-state index in [4.69, 9.17) is 0 Å². The molecule has 0 spiro atoms. The Morgan fingerprint density at radius 1 is 0.963 bits per heavy atom. The third-order valence-corrected chi connectivity index (χ3v) is 6.77. The molecule has 0 unspecified atom stereocenters. The zero-order chi connectivity index (χ0) is 18.8. The number of imide groups is 1. The van der Waals surface area contributed by atoms with Crippen LogP contribution in [0.4, 0.5) is 11.4 Å². The zero-order valence-electron chi connectivity index (χ0n) is 15.3. The van der Waals surface area contributed by atoms with Gasteiger partial charge in [0.1, 0.15) is 0 Å². The van der Waals surface area contributed by atoms with Crippen molar-refractivity contribution in [2.24, 2.45) is 0 Å². The number of nitrogens with zero attached hydrogens (tertiary/aromatic N) is 2. The fourth-order valence-corrected chi connectivity index (χ4v) is 5.30. The van der Waals surface area contributed by atoms with Gasteiger partial charge in [0.15, 0.2) is 0 Å². The molecule has 2 aliphatic heterocycles. The van der Waals surface area contributed by atoms with Gasteiger partial charge in [-0.2, -0.15) is 0 Å². The molecule has 3 heterocycles. The highest BCUT2D eigenvalue weighted by molar-refractivity contribution is 8.04. The lowest BCUT2D eigenvalue weighted by Gasteiger charge is -2.29. The molecule has 1 fully saturated rings. The van der Waals surface area contributed by atoms with E-state index in [2.05, 4.69) is 4.90 Å². The normalized spacial score (nSPS) is 18.0. The first-order valence-electron chi connectivity index (χ1n) is 9.35. The molecule has 0 saturated carbocycles. The molecule has 0 radical (unpaired) electrons. The average Bonchev–Trinajstić information content (AvgIpc) is 3.30. The highest BCUT2D eigenvalue weighted by atomic mass is 32.2. The van der Waals surface area contributed by atoms with Crippen LogP contribution in [0.2, 0.25) is 0 Å². The van der Waals surface area contributed by atoms with Crippen LogP contribution in [-0.4, -0.2) is 30.7 Å². The van der Waals surface area contributed by atoms with E-state index in [0.717, 1.165) is 29.4 Å². The summed E-state index contributed by atoms with van der Waals surface area (Å²) in [4.78, 5) is 31.3. The summed E-state index contributed by atoms with van der Waals surface area (Å²) in [5, 5.41) is 1.93. The molecule has 1 aromatic heterocycles. The van der Waals surface area contributed by atoms with Gasteiger partial charge >= 0.3 is 0 Å². The number of rotatable bonds is 5. The Balaban J connectivity index is 1.63. The largest absolute Gasteiger partial charge is 0.372 e. The van der Waals surface area contributed by atoms with Crippen LogP contribution in [0.25, 0.3) is 5.57 Å². The molecule has 1 aromatic carbocycles. The summed E-state index contributed by atoms with van der Waals surface area (Å²) in [6, 6.07) is 11.7. The molecule has 0 aliphatic carbocycles. The summed E-state index contributed by atoms with van der Waals surface area (Å²) in [5.74, 6) is 0.329. The summed E-state index contributed by atoms with van der Waals surface area (Å²) in [7, 11) is 0. The smallest absolute Gasteiger partial charge is 0.272 e. The maximum Gasteiger partial charge on any atom is 0.272 e. The topological polar surface area (TPSA) is 40.6 Å². The molecule has 4 nitrogen and oxygen atoms in total. The molecule has 6 heteroatoms. The number of hydrogen-bond donors (Lipinski definition) is 0. The molecule has 2 aliphatic rings. The van der Waals surface area contributed by atoms with Crippen molar-refractivity contribution in [3.05, 3.63) is 51.6 Å². The highest BCUT2D eigenvalue weighted by Crippen LogP contribution is 2.40. The third kappa shape index (κ3) is 3.44. The van der Waals surface area contributed by atoms with Gasteiger partial charge in [-0.3, -0.25) is 9.59 Å². The molecule has 0 bridgehead atoms. The van der Waals surface area contributed by atoms with Crippen molar-refractivity contribution in [2.45, 2.75) is 26.2 Å². The minimum absolute atomic E-state index is 0.207. The molecule has 0 N–H and O–H groups in total. The van der Waals surface area contributed by atoms with Crippen LogP contribution in [-0.2, 0) is 9.59 Å². The van der Waals surface area contributed by atoms with E-state index in [-0.39, 0.29) is 11.8 Å². The standard InChI is InChI=1S/C21H22N2O2S2/c1-2-26-19-18(17-7-6-14-27-17)20(24)23(21(19)25)16-10-8-15(9-11-16)22-12-4-3-5-13-22/h6-11,14H,2-5,12-13H2,1H3. The van der Waals surface area contributed by atoms with Crippen LogP contribution >= 0.6 is 23.1 Å². The second kappa shape index (κ2) is 7.90. The maximum atomic E-state index is 13.1. The third-order valence-electron chi connectivity index (χ3n) is 4.93. The molecular formula is C21H22N2O2S2. The second-order valence-electron chi connectivity index (χ2n) is 6.62. The van der Waals surface area contributed by atoms with Crippen LogP contribution in [0.3, 0.4) is 0 Å². The van der Waals surface area contributed by atoms with Gasteiger partial charge in [0.2, 0.25) is 0 Å². The fourth-order valence-electron chi connectivity index (χ4n) is 3.63. The van der Waals surface area contributed by atoms with E-state index in [1.54, 1.807) is 0 Å². The van der Waals surface area contributed by atoms with Gasteiger partial charge < -0.3 is 4.90 Å². The number of benzene rings is 1. The number of hydrogen-bond acceptors (Lipinski definition) is 5. The van der Waals surface area contributed by atoms with Gasteiger partial charge in [-0.15, -0.1) is 23.1 Å². The van der Waals surface area contributed by atoms with E-state index >= 15 is 0 Å². The van der Waals surface area contributed by atoms with Crippen molar-refractivity contribution in [3.63, 3.8) is 0 Å². The number of piperidine rings is 1. The monoisotopic (exact) mass is 398 g/mol. The van der Waals surface area contributed by atoms with E-state index in [1.165, 1.54) is 47.3 Å². The van der Waals surface area contributed by atoms with Crippen molar-refractivity contribution in [1.29, 1.82) is 0 Å². The molecule has 4 rings (SSSR count). The average molecular weight is 399 g/mol. The van der Waals surface area contributed by atoms with Crippen LogP contribution in [0.15, 0.2) is 46.7 Å². The van der Waals surface area contributed by atoms with Gasteiger partial charge in [0.25, 0.3) is 11.8 Å². The summed E-state index contributed by atoms with van der Waals surface area (Å²) in [5.41, 5.74) is 2.35.